The van der Waals surface area contributed by atoms with Gasteiger partial charge in [0.1, 0.15) is 11.9 Å². The summed E-state index contributed by atoms with van der Waals surface area (Å²) in [7, 11) is 3.37. The van der Waals surface area contributed by atoms with E-state index >= 15 is 0 Å². The smallest absolute Gasteiger partial charge is 0.259 e. The van der Waals surface area contributed by atoms with Crippen molar-refractivity contribution in [3.8, 4) is 5.75 Å². The molecule has 0 radical (unpaired) electrons. The van der Waals surface area contributed by atoms with Crippen LogP contribution in [0.2, 0.25) is 0 Å². The van der Waals surface area contributed by atoms with E-state index in [1.807, 2.05) is 31.2 Å². The van der Waals surface area contributed by atoms with Gasteiger partial charge in [-0.2, -0.15) is 0 Å². The summed E-state index contributed by atoms with van der Waals surface area (Å²) in [6.07, 6.45) is 1.68. The van der Waals surface area contributed by atoms with Crippen LogP contribution < -0.4 is 15.8 Å². The molecule has 1 fully saturated rings. The second-order valence-electron chi connectivity index (χ2n) is 6.64. The molecular weight excluding hydrogens is 370 g/mol. The van der Waals surface area contributed by atoms with Crippen LogP contribution in [0.4, 0.5) is 0 Å². The van der Waals surface area contributed by atoms with Gasteiger partial charge in [0.15, 0.2) is 6.61 Å². The fraction of sp³-hybridized carbons (Fsp3) is 0.579. The Morgan fingerprint density at radius 3 is 2.63 bits per heavy atom. The Kier molecular flexibility index (Phi) is 9.55. The molecule has 1 aromatic rings. The van der Waals surface area contributed by atoms with Gasteiger partial charge in [-0.25, -0.2) is 0 Å². The van der Waals surface area contributed by atoms with Gasteiger partial charge in [-0.1, -0.05) is 25.1 Å². The van der Waals surface area contributed by atoms with E-state index in [4.69, 9.17) is 15.2 Å². The number of ether oxygens (including phenoxy) is 2. The number of benzene rings is 1. The van der Waals surface area contributed by atoms with Crippen LogP contribution in [0.1, 0.15) is 37.8 Å². The van der Waals surface area contributed by atoms with Crippen molar-refractivity contribution in [2.75, 3.05) is 27.2 Å². The molecule has 1 aliphatic heterocycles. The molecule has 0 aromatic heterocycles. The van der Waals surface area contributed by atoms with Gasteiger partial charge in [-0.3, -0.25) is 9.59 Å². The molecule has 1 aromatic carbocycles. The maximum Gasteiger partial charge on any atom is 0.259 e. The number of nitrogens with two attached hydrogens (primary N) is 1. The normalized spacial score (nSPS) is 19.7. The molecule has 2 rings (SSSR count). The zero-order valence-corrected chi connectivity index (χ0v) is 17.0. The summed E-state index contributed by atoms with van der Waals surface area (Å²) in [4.78, 5) is 25.8. The van der Waals surface area contributed by atoms with E-state index in [9.17, 15) is 9.59 Å². The van der Waals surface area contributed by atoms with E-state index in [0.29, 0.717) is 25.1 Å². The Labute approximate surface area is 167 Å². The molecule has 0 spiro atoms. The van der Waals surface area contributed by atoms with Crippen LogP contribution in [-0.2, 0) is 14.3 Å². The van der Waals surface area contributed by atoms with Crippen LogP contribution in [0.3, 0.4) is 0 Å². The third kappa shape index (κ3) is 6.37. The van der Waals surface area contributed by atoms with E-state index < -0.39 is 6.10 Å². The van der Waals surface area contributed by atoms with Crippen molar-refractivity contribution in [3.05, 3.63) is 29.8 Å². The fourth-order valence-corrected chi connectivity index (χ4v) is 2.90. The summed E-state index contributed by atoms with van der Waals surface area (Å²) in [5, 5.41) is 3.04. The molecule has 1 aliphatic rings. The highest BCUT2D eigenvalue weighted by Gasteiger charge is 2.31. The molecule has 8 heteroatoms. The van der Waals surface area contributed by atoms with Crippen LogP contribution in [0.15, 0.2) is 24.3 Å². The first-order valence-corrected chi connectivity index (χ1v) is 9.04. The number of carbonyl (C=O) groups excluding carboxylic acids is 2. The van der Waals surface area contributed by atoms with Crippen LogP contribution in [-0.4, -0.2) is 56.2 Å². The van der Waals surface area contributed by atoms with Crippen LogP contribution >= 0.6 is 12.4 Å². The van der Waals surface area contributed by atoms with Gasteiger partial charge in [0, 0.05) is 26.2 Å². The molecule has 27 heavy (non-hydrogen) atoms. The van der Waals surface area contributed by atoms with E-state index in [1.54, 1.807) is 14.1 Å². The monoisotopic (exact) mass is 399 g/mol. The number of hydrogen-bond donors (Lipinski definition) is 2. The minimum absolute atomic E-state index is 0. The third-order valence-corrected chi connectivity index (χ3v) is 4.53. The lowest BCUT2D eigenvalue weighted by Gasteiger charge is -2.23. The summed E-state index contributed by atoms with van der Waals surface area (Å²) in [5.41, 5.74) is 6.46. The minimum Gasteiger partial charge on any atom is -0.483 e. The van der Waals surface area contributed by atoms with E-state index in [-0.39, 0.29) is 43.0 Å². The molecule has 3 N–H and O–H groups in total. The summed E-state index contributed by atoms with van der Waals surface area (Å²) in [6, 6.07) is 7.24. The molecule has 2 amide bonds. The Morgan fingerprint density at radius 1 is 1.33 bits per heavy atom. The van der Waals surface area contributed by atoms with Crippen molar-refractivity contribution < 1.29 is 19.1 Å². The number of likely N-dealkylation sites (N-methyl/N-ethyl adjacent to an activating group) is 1. The molecule has 1 unspecified atom stereocenters. The average Bonchev–Trinajstić information content (AvgIpc) is 3.13. The molecule has 1 saturated heterocycles. The first-order valence-electron chi connectivity index (χ1n) is 9.04. The number of nitrogens with zero attached hydrogens (tertiary/aromatic N) is 1. The van der Waals surface area contributed by atoms with Crippen LogP contribution in [0.5, 0.6) is 5.75 Å². The maximum atomic E-state index is 12.5. The number of carbonyl (C=O) groups is 2. The molecule has 1 heterocycles. The predicted octanol–water partition coefficient (Wildman–Crippen LogP) is 1.65. The van der Waals surface area contributed by atoms with Gasteiger partial charge in [0.05, 0.1) is 12.1 Å². The van der Waals surface area contributed by atoms with Crippen LogP contribution in [0.25, 0.3) is 0 Å². The predicted molar refractivity (Wildman–Crippen MR) is 106 cm³/mol. The molecule has 3 atom stereocenters. The first kappa shape index (κ1) is 23.2. The molecule has 7 nitrogen and oxygen atoms in total. The lowest BCUT2D eigenvalue weighted by molar-refractivity contribution is -0.133. The highest BCUT2D eigenvalue weighted by atomic mass is 35.5. The number of para-hydroxylation sites is 1. The number of amides is 2. The van der Waals surface area contributed by atoms with Gasteiger partial charge >= 0.3 is 0 Å². The number of rotatable bonds is 8. The lowest BCUT2D eigenvalue weighted by Crippen LogP contribution is -2.38. The molecule has 0 saturated carbocycles. The first-order chi connectivity index (χ1) is 12.5. The van der Waals surface area contributed by atoms with Gasteiger partial charge in [-0.05, 0) is 25.3 Å². The van der Waals surface area contributed by atoms with E-state index in [2.05, 4.69) is 5.32 Å². The Bertz CT molecular complexity index is 627. The Balaban J connectivity index is 0.00000364. The Hall–Kier alpha value is -1.83. The SMILES string of the molecule is CCC(NC(=O)[C@@H]1CC[C@H](CN)O1)c1ccccc1OCC(=O)N(C)C.Cl. The molecule has 152 valence electrons. The number of nitrogens with one attached hydrogen (secondary N) is 1. The van der Waals surface area contributed by atoms with Crippen molar-refractivity contribution in [3.63, 3.8) is 0 Å². The number of halogens is 1. The lowest BCUT2D eigenvalue weighted by atomic mass is 10.0. The highest BCUT2D eigenvalue weighted by Crippen LogP contribution is 2.28. The average molecular weight is 400 g/mol. The van der Waals surface area contributed by atoms with Crippen LogP contribution in [0, 0.1) is 0 Å². The second kappa shape index (κ2) is 11.1. The quantitative estimate of drug-likeness (QED) is 0.693. The van der Waals surface area contributed by atoms with Gasteiger partial charge < -0.3 is 25.4 Å². The van der Waals surface area contributed by atoms with Crippen molar-refractivity contribution in [1.82, 2.24) is 10.2 Å². The summed E-state index contributed by atoms with van der Waals surface area (Å²) >= 11 is 0. The van der Waals surface area contributed by atoms with Crippen molar-refractivity contribution >= 4 is 24.2 Å². The van der Waals surface area contributed by atoms with Crippen molar-refractivity contribution in [2.45, 2.75) is 44.4 Å². The van der Waals surface area contributed by atoms with Gasteiger partial charge in [0.25, 0.3) is 5.91 Å². The zero-order valence-electron chi connectivity index (χ0n) is 16.1. The Morgan fingerprint density at radius 2 is 2.04 bits per heavy atom. The highest BCUT2D eigenvalue weighted by molar-refractivity contribution is 5.85. The molecule has 0 aliphatic carbocycles. The standard InChI is InChI=1S/C19H29N3O4.ClH/c1-4-15(21-19(24)17-10-9-13(11-20)26-17)14-7-5-6-8-16(14)25-12-18(23)22(2)3;/h5-8,13,15,17H,4,9-12,20H2,1-3H3,(H,21,24);1H/t13-,15?,17+;/m1./s1. The maximum absolute atomic E-state index is 12.5. The largest absolute Gasteiger partial charge is 0.483 e. The zero-order chi connectivity index (χ0) is 19.1. The van der Waals surface area contributed by atoms with Gasteiger partial charge in [-0.15, -0.1) is 12.4 Å². The van der Waals surface area contributed by atoms with E-state index in [1.165, 1.54) is 4.90 Å². The van der Waals surface area contributed by atoms with Gasteiger partial charge in [0.2, 0.25) is 5.91 Å². The third-order valence-electron chi connectivity index (χ3n) is 4.53. The topological polar surface area (TPSA) is 93.9 Å². The number of hydrogen-bond acceptors (Lipinski definition) is 5. The van der Waals surface area contributed by atoms with E-state index in [0.717, 1.165) is 12.0 Å². The van der Waals surface area contributed by atoms with Crippen molar-refractivity contribution in [2.24, 2.45) is 5.73 Å². The summed E-state index contributed by atoms with van der Waals surface area (Å²) in [5.74, 6) is 0.345. The summed E-state index contributed by atoms with van der Waals surface area (Å²) < 4.78 is 11.4. The molecule has 0 bridgehead atoms. The summed E-state index contributed by atoms with van der Waals surface area (Å²) in [6.45, 7) is 2.38. The van der Waals surface area contributed by atoms with Crippen molar-refractivity contribution in [1.29, 1.82) is 0 Å². The minimum atomic E-state index is -0.457. The fourth-order valence-electron chi connectivity index (χ4n) is 2.90. The second-order valence-corrected chi connectivity index (χ2v) is 6.64. The molecular formula is C19H30ClN3O4.